The van der Waals surface area contributed by atoms with E-state index in [-0.39, 0.29) is 5.82 Å². The zero-order valence-corrected chi connectivity index (χ0v) is 12.0. The van der Waals surface area contributed by atoms with Crippen LogP contribution in [0.25, 0.3) is 0 Å². The summed E-state index contributed by atoms with van der Waals surface area (Å²) in [6.07, 6.45) is 1.80. The number of benzene rings is 1. The van der Waals surface area contributed by atoms with Gasteiger partial charge in [0.05, 0.1) is 0 Å². The van der Waals surface area contributed by atoms with Gasteiger partial charge in [-0.15, -0.1) is 11.3 Å². The lowest BCUT2D eigenvalue weighted by atomic mass is 9.95. The molecule has 0 radical (unpaired) electrons. The van der Waals surface area contributed by atoms with Crippen LogP contribution < -0.4 is 5.32 Å². The first kappa shape index (κ1) is 14.2. The predicted molar refractivity (Wildman–Crippen MR) is 80.2 cm³/mol. The van der Waals surface area contributed by atoms with Crippen molar-refractivity contribution < 1.29 is 4.39 Å². The van der Waals surface area contributed by atoms with Crippen LogP contribution in [0.4, 0.5) is 4.39 Å². The van der Waals surface area contributed by atoms with Gasteiger partial charge in [-0.3, -0.25) is 0 Å². The standard InChI is InChI=1S/C16H20FNS/c1-2-18-12-13(11-15-7-5-9-19-15)10-14-6-3-4-8-16(14)17/h3-9,13,18H,2,10-12H2,1H3. The Labute approximate surface area is 118 Å². The minimum absolute atomic E-state index is 0.0878. The van der Waals surface area contributed by atoms with E-state index >= 15 is 0 Å². The molecule has 3 heteroatoms. The quantitative estimate of drug-likeness (QED) is 0.809. The summed E-state index contributed by atoms with van der Waals surface area (Å²) in [5.41, 5.74) is 0.821. The molecule has 1 aromatic carbocycles. The average Bonchev–Trinajstić information content (AvgIpc) is 2.91. The highest BCUT2D eigenvalue weighted by atomic mass is 32.1. The van der Waals surface area contributed by atoms with Gasteiger partial charge in [0.1, 0.15) is 5.82 Å². The van der Waals surface area contributed by atoms with Crippen molar-refractivity contribution in [3.63, 3.8) is 0 Å². The van der Waals surface area contributed by atoms with Crippen LogP contribution in [0.3, 0.4) is 0 Å². The van der Waals surface area contributed by atoms with Gasteiger partial charge in [-0.2, -0.15) is 0 Å². The van der Waals surface area contributed by atoms with E-state index in [1.165, 1.54) is 4.88 Å². The number of nitrogens with one attached hydrogen (secondary N) is 1. The van der Waals surface area contributed by atoms with Gasteiger partial charge in [0.15, 0.2) is 0 Å². The summed E-state index contributed by atoms with van der Waals surface area (Å²) in [5, 5.41) is 5.48. The predicted octanol–water partition coefficient (Wildman–Crippen LogP) is 3.90. The third-order valence-corrected chi connectivity index (χ3v) is 4.12. The molecule has 1 unspecified atom stereocenters. The highest BCUT2D eigenvalue weighted by Crippen LogP contribution is 2.19. The Balaban J connectivity index is 2.03. The molecule has 1 N–H and O–H groups in total. The zero-order chi connectivity index (χ0) is 13.5. The summed E-state index contributed by atoms with van der Waals surface area (Å²) >= 11 is 1.78. The van der Waals surface area contributed by atoms with Gasteiger partial charge < -0.3 is 5.32 Å². The Kier molecular flexibility index (Phi) is 5.55. The van der Waals surface area contributed by atoms with Gasteiger partial charge in [0.2, 0.25) is 0 Å². The molecule has 0 saturated carbocycles. The first-order valence-electron chi connectivity index (χ1n) is 6.76. The van der Waals surface area contributed by atoms with Crippen molar-refractivity contribution in [3.8, 4) is 0 Å². The molecule has 19 heavy (non-hydrogen) atoms. The minimum Gasteiger partial charge on any atom is -0.317 e. The van der Waals surface area contributed by atoms with Crippen LogP contribution in [0, 0.1) is 11.7 Å². The van der Waals surface area contributed by atoms with E-state index in [9.17, 15) is 4.39 Å². The fourth-order valence-electron chi connectivity index (χ4n) is 2.25. The van der Waals surface area contributed by atoms with Crippen LogP contribution in [-0.2, 0) is 12.8 Å². The van der Waals surface area contributed by atoms with Crippen molar-refractivity contribution >= 4 is 11.3 Å². The molecule has 0 bridgehead atoms. The topological polar surface area (TPSA) is 12.0 Å². The molecule has 0 aliphatic rings. The molecule has 0 saturated heterocycles. The number of thiophene rings is 1. The Morgan fingerprint density at radius 2 is 2.00 bits per heavy atom. The number of hydrogen-bond donors (Lipinski definition) is 1. The summed E-state index contributed by atoms with van der Waals surface area (Å²) in [7, 11) is 0. The Bertz CT molecular complexity index is 481. The maximum absolute atomic E-state index is 13.7. The molecular formula is C16H20FNS. The molecule has 0 amide bonds. The van der Waals surface area contributed by atoms with E-state index < -0.39 is 0 Å². The fourth-order valence-corrected chi connectivity index (χ4v) is 3.07. The molecule has 0 aliphatic carbocycles. The molecule has 2 aromatic rings. The van der Waals surface area contributed by atoms with Gasteiger partial charge in [0.25, 0.3) is 0 Å². The average molecular weight is 277 g/mol. The normalized spacial score (nSPS) is 12.5. The highest BCUT2D eigenvalue weighted by Gasteiger charge is 2.13. The van der Waals surface area contributed by atoms with E-state index in [1.54, 1.807) is 23.5 Å². The molecule has 1 heterocycles. The lowest BCUT2D eigenvalue weighted by Gasteiger charge is -2.17. The first-order chi connectivity index (χ1) is 9.29. The largest absolute Gasteiger partial charge is 0.317 e. The van der Waals surface area contributed by atoms with Crippen LogP contribution in [-0.4, -0.2) is 13.1 Å². The highest BCUT2D eigenvalue weighted by molar-refractivity contribution is 7.09. The van der Waals surface area contributed by atoms with Crippen LogP contribution in [0.5, 0.6) is 0 Å². The monoisotopic (exact) mass is 277 g/mol. The van der Waals surface area contributed by atoms with Crippen LogP contribution in [0.1, 0.15) is 17.4 Å². The van der Waals surface area contributed by atoms with E-state index in [2.05, 4.69) is 29.8 Å². The Hall–Kier alpha value is -1.19. The molecular weight excluding hydrogens is 257 g/mol. The molecule has 0 aliphatic heterocycles. The second-order valence-electron chi connectivity index (χ2n) is 4.75. The molecule has 1 nitrogen and oxygen atoms in total. The van der Waals surface area contributed by atoms with E-state index in [0.29, 0.717) is 5.92 Å². The van der Waals surface area contributed by atoms with Gasteiger partial charge in [-0.1, -0.05) is 31.2 Å². The minimum atomic E-state index is -0.0878. The summed E-state index contributed by atoms with van der Waals surface area (Å²) in [4.78, 5) is 1.37. The van der Waals surface area contributed by atoms with Gasteiger partial charge in [-0.05, 0) is 54.9 Å². The molecule has 0 spiro atoms. The van der Waals surface area contributed by atoms with E-state index in [0.717, 1.165) is 31.5 Å². The Morgan fingerprint density at radius 3 is 2.68 bits per heavy atom. The molecule has 1 aromatic heterocycles. The summed E-state index contributed by atoms with van der Waals surface area (Å²) in [5.74, 6) is 0.352. The van der Waals surface area contributed by atoms with Crippen molar-refractivity contribution in [3.05, 3.63) is 58.0 Å². The third-order valence-electron chi connectivity index (χ3n) is 3.22. The van der Waals surface area contributed by atoms with Crippen molar-refractivity contribution in [2.45, 2.75) is 19.8 Å². The third kappa shape index (κ3) is 4.44. The lowest BCUT2D eigenvalue weighted by molar-refractivity contribution is 0.470. The molecule has 2 rings (SSSR count). The van der Waals surface area contributed by atoms with Gasteiger partial charge in [0, 0.05) is 4.88 Å². The maximum Gasteiger partial charge on any atom is 0.126 e. The summed E-state index contributed by atoms with van der Waals surface area (Å²) < 4.78 is 13.7. The smallest absolute Gasteiger partial charge is 0.126 e. The lowest BCUT2D eigenvalue weighted by Crippen LogP contribution is -2.25. The molecule has 0 fully saturated rings. The van der Waals surface area contributed by atoms with Crippen molar-refractivity contribution in [2.24, 2.45) is 5.92 Å². The molecule has 102 valence electrons. The van der Waals surface area contributed by atoms with Crippen molar-refractivity contribution in [1.82, 2.24) is 5.32 Å². The van der Waals surface area contributed by atoms with Gasteiger partial charge >= 0.3 is 0 Å². The first-order valence-corrected chi connectivity index (χ1v) is 7.64. The number of halogens is 1. The van der Waals surface area contributed by atoms with Crippen LogP contribution in [0.15, 0.2) is 41.8 Å². The second-order valence-corrected chi connectivity index (χ2v) is 5.78. The molecule has 1 atom stereocenters. The SMILES string of the molecule is CCNCC(Cc1cccs1)Cc1ccccc1F. The maximum atomic E-state index is 13.7. The fraction of sp³-hybridized carbons (Fsp3) is 0.375. The second kappa shape index (κ2) is 7.41. The van der Waals surface area contributed by atoms with E-state index in [4.69, 9.17) is 0 Å². The Morgan fingerprint density at radius 1 is 1.16 bits per heavy atom. The summed E-state index contributed by atoms with van der Waals surface area (Å²) in [6, 6.07) is 11.3. The van der Waals surface area contributed by atoms with Crippen LogP contribution in [0.2, 0.25) is 0 Å². The number of hydrogen-bond acceptors (Lipinski definition) is 2. The van der Waals surface area contributed by atoms with Gasteiger partial charge in [-0.25, -0.2) is 4.39 Å². The van der Waals surface area contributed by atoms with Crippen LogP contribution >= 0.6 is 11.3 Å². The van der Waals surface area contributed by atoms with E-state index in [1.807, 2.05) is 12.1 Å². The van der Waals surface area contributed by atoms with Crippen molar-refractivity contribution in [1.29, 1.82) is 0 Å². The van der Waals surface area contributed by atoms with Crippen molar-refractivity contribution in [2.75, 3.05) is 13.1 Å². The zero-order valence-electron chi connectivity index (χ0n) is 11.2. The number of rotatable bonds is 7. The summed E-state index contributed by atoms with van der Waals surface area (Å²) in [6.45, 7) is 3.99.